The van der Waals surface area contributed by atoms with Crippen LogP contribution in [0.2, 0.25) is 4.34 Å². The van der Waals surface area contributed by atoms with E-state index in [1.54, 1.807) is 6.20 Å². The van der Waals surface area contributed by atoms with Gasteiger partial charge >= 0.3 is 0 Å². The minimum Gasteiger partial charge on any atom is -0.304 e. The van der Waals surface area contributed by atoms with Gasteiger partial charge in [0.2, 0.25) is 0 Å². The third kappa shape index (κ3) is 3.78. The zero-order chi connectivity index (χ0) is 12.3. The highest BCUT2D eigenvalue weighted by molar-refractivity contribution is 9.10. The summed E-state index contributed by atoms with van der Waals surface area (Å²) >= 11 is 10.8. The standard InChI is InChI=1S/C12H12BrClN2S/c1-8(9-3-2-4-10(13)5-9)15-7-12-16-6-11(14)17-12/h2-6,8,15H,7H2,1H3. The average Bonchev–Trinajstić information content (AvgIpc) is 2.72. The van der Waals surface area contributed by atoms with Gasteiger partial charge in [0.25, 0.3) is 0 Å². The lowest BCUT2D eigenvalue weighted by atomic mass is 10.1. The summed E-state index contributed by atoms with van der Waals surface area (Å²) in [5.74, 6) is 0. The highest BCUT2D eigenvalue weighted by Crippen LogP contribution is 2.21. The van der Waals surface area contributed by atoms with Gasteiger partial charge in [-0.3, -0.25) is 0 Å². The van der Waals surface area contributed by atoms with Crippen LogP contribution in [-0.2, 0) is 6.54 Å². The Balaban J connectivity index is 1.95. The van der Waals surface area contributed by atoms with Crippen LogP contribution >= 0.6 is 38.9 Å². The van der Waals surface area contributed by atoms with Crippen molar-refractivity contribution in [2.24, 2.45) is 0 Å². The van der Waals surface area contributed by atoms with Crippen LogP contribution in [-0.4, -0.2) is 4.98 Å². The van der Waals surface area contributed by atoms with Gasteiger partial charge in [-0.15, -0.1) is 11.3 Å². The van der Waals surface area contributed by atoms with Gasteiger partial charge in [0.15, 0.2) is 0 Å². The van der Waals surface area contributed by atoms with E-state index in [-0.39, 0.29) is 6.04 Å². The fraction of sp³-hybridized carbons (Fsp3) is 0.250. The van der Waals surface area contributed by atoms with Crippen LogP contribution < -0.4 is 5.32 Å². The number of hydrogen-bond acceptors (Lipinski definition) is 3. The molecule has 0 spiro atoms. The van der Waals surface area contributed by atoms with E-state index in [4.69, 9.17) is 11.6 Å². The van der Waals surface area contributed by atoms with Gasteiger partial charge < -0.3 is 5.32 Å². The van der Waals surface area contributed by atoms with Gasteiger partial charge in [0.05, 0.1) is 6.20 Å². The number of nitrogens with one attached hydrogen (secondary N) is 1. The SMILES string of the molecule is CC(NCc1ncc(Cl)s1)c1cccc(Br)c1. The molecule has 2 nitrogen and oxygen atoms in total. The molecule has 17 heavy (non-hydrogen) atoms. The first-order chi connectivity index (χ1) is 8.15. The number of benzene rings is 1. The highest BCUT2D eigenvalue weighted by atomic mass is 79.9. The summed E-state index contributed by atoms with van der Waals surface area (Å²) in [6.45, 7) is 2.88. The normalized spacial score (nSPS) is 12.6. The molecule has 0 bridgehead atoms. The molecule has 0 saturated carbocycles. The Morgan fingerprint density at radius 3 is 3.00 bits per heavy atom. The molecule has 1 atom stereocenters. The first-order valence-corrected chi connectivity index (χ1v) is 7.23. The highest BCUT2D eigenvalue weighted by Gasteiger charge is 2.06. The zero-order valence-corrected chi connectivity index (χ0v) is 12.4. The third-order valence-corrected chi connectivity index (χ3v) is 4.04. The van der Waals surface area contributed by atoms with Crippen LogP contribution in [0.3, 0.4) is 0 Å². The smallest absolute Gasteiger partial charge is 0.113 e. The van der Waals surface area contributed by atoms with Gasteiger partial charge in [-0.05, 0) is 24.6 Å². The molecule has 1 unspecified atom stereocenters. The van der Waals surface area contributed by atoms with Crippen molar-refractivity contribution in [2.75, 3.05) is 0 Å². The van der Waals surface area contributed by atoms with E-state index in [2.05, 4.69) is 45.3 Å². The first-order valence-electron chi connectivity index (χ1n) is 5.24. The summed E-state index contributed by atoms with van der Waals surface area (Å²) in [7, 11) is 0. The molecule has 1 heterocycles. The van der Waals surface area contributed by atoms with Crippen LogP contribution in [0.15, 0.2) is 34.9 Å². The van der Waals surface area contributed by atoms with Crippen molar-refractivity contribution in [3.63, 3.8) is 0 Å². The van der Waals surface area contributed by atoms with E-state index in [9.17, 15) is 0 Å². The van der Waals surface area contributed by atoms with E-state index in [0.717, 1.165) is 20.4 Å². The van der Waals surface area contributed by atoms with Crippen LogP contribution in [0.1, 0.15) is 23.5 Å². The Bertz CT molecular complexity index is 501. The van der Waals surface area contributed by atoms with Gasteiger partial charge in [0, 0.05) is 17.1 Å². The largest absolute Gasteiger partial charge is 0.304 e. The average molecular weight is 332 g/mol. The van der Waals surface area contributed by atoms with Crippen molar-refractivity contribution in [3.05, 3.63) is 49.8 Å². The molecule has 90 valence electrons. The van der Waals surface area contributed by atoms with Crippen LogP contribution in [0.5, 0.6) is 0 Å². The second-order valence-corrected chi connectivity index (χ2v) is 6.38. The second kappa shape index (κ2) is 5.96. The van der Waals surface area contributed by atoms with Crippen molar-refractivity contribution in [1.82, 2.24) is 10.3 Å². The monoisotopic (exact) mass is 330 g/mol. The predicted octanol–water partition coefficient (Wildman–Crippen LogP) is 4.41. The van der Waals surface area contributed by atoms with Crippen molar-refractivity contribution < 1.29 is 0 Å². The molecular weight excluding hydrogens is 320 g/mol. The molecule has 2 rings (SSSR count). The molecule has 1 aromatic carbocycles. The molecule has 0 saturated heterocycles. The lowest BCUT2D eigenvalue weighted by Gasteiger charge is -2.13. The Kier molecular flexibility index (Phi) is 4.56. The maximum atomic E-state index is 5.84. The van der Waals surface area contributed by atoms with Crippen LogP contribution in [0.4, 0.5) is 0 Å². The van der Waals surface area contributed by atoms with E-state index in [1.165, 1.54) is 16.9 Å². The second-order valence-electron chi connectivity index (χ2n) is 3.72. The maximum Gasteiger partial charge on any atom is 0.113 e. The molecule has 1 N–H and O–H groups in total. The van der Waals surface area contributed by atoms with E-state index in [0.29, 0.717) is 0 Å². The van der Waals surface area contributed by atoms with Crippen molar-refractivity contribution >= 4 is 38.9 Å². The molecule has 5 heteroatoms. The van der Waals surface area contributed by atoms with E-state index < -0.39 is 0 Å². The molecule has 0 radical (unpaired) electrons. The van der Waals surface area contributed by atoms with Gasteiger partial charge in [-0.2, -0.15) is 0 Å². The Labute approximate surface area is 118 Å². The summed E-state index contributed by atoms with van der Waals surface area (Å²) in [4.78, 5) is 4.21. The summed E-state index contributed by atoms with van der Waals surface area (Å²) < 4.78 is 1.83. The predicted molar refractivity (Wildman–Crippen MR) is 76.5 cm³/mol. The Morgan fingerprint density at radius 1 is 1.53 bits per heavy atom. The summed E-state index contributed by atoms with van der Waals surface area (Å²) in [5.41, 5.74) is 1.25. The van der Waals surface area contributed by atoms with E-state index >= 15 is 0 Å². The third-order valence-electron chi connectivity index (χ3n) is 2.43. The molecule has 0 fully saturated rings. The fourth-order valence-corrected chi connectivity index (χ4v) is 2.83. The van der Waals surface area contributed by atoms with Crippen molar-refractivity contribution in [2.45, 2.75) is 19.5 Å². The lowest BCUT2D eigenvalue weighted by molar-refractivity contribution is 0.573. The molecule has 0 amide bonds. The molecule has 0 aliphatic carbocycles. The minimum atomic E-state index is 0.287. The Morgan fingerprint density at radius 2 is 2.35 bits per heavy atom. The number of aromatic nitrogens is 1. The van der Waals surface area contributed by atoms with Crippen molar-refractivity contribution in [3.8, 4) is 0 Å². The molecule has 1 aromatic heterocycles. The Hall–Kier alpha value is -0.420. The van der Waals surface area contributed by atoms with E-state index in [1.807, 2.05) is 12.1 Å². The van der Waals surface area contributed by atoms with Gasteiger partial charge in [-0.25, -0.2) is 4.98 Å². The molecule has 0 aliphatic rings. The van der Waals surface area contributed by atoms with Crippen LogP contribution in [0.25, 0.3) is 0 Å². The summed E-state index contributed by atoms with van der Waals surface area (Å²) in [6.07, 6.45) is 1.69. The number of rotatable bonds is 4. The number of halogens is 2. The lowest BCUT2D eigenvalue weighted by Crippen LogP contribution is -2.17. The van der Waals surface area contributed by atoms with Gasteiger partial charge in [0.1, 0.15) is 9.34 Å². The quantitative estimate of drug-likeness (QED) is 0.897. The minimum absolute atomic E-state index is 0.287. The topological polar surface area (TPSA) is 24.9 Å². The molecular formula is C12H12BrClN2S. The van der Waals surface area contributed by atoms with Gasteiger partial charge in [-0.1, -0.05) is 39.7 Å². The molecule has 2 aromatic rings. The zero-order valence-electron chi connectivity index (χ0n) is 9.28. The molecule has 0 aliphatic heterocycles. The summed E-state index contributed by atoms with van der Waals surface area (Å²) in [6, 6.07) is 8.58. The number of thiazole rings is 1. The fourth-order valence-electron chi connectivity index (χ4n) is 1.50. The van der Waals surface area contributed by atoms with Crippen molar-refractivity contribution in [1.29, 1.82) is 0 Å². The van der Waals surface area contributed by atoms with Crippen LogP contribution in [0, 0.1) is 0 Å². The first kappa shape index (κ1) is 13.0. The number of hydrogen-bond donors (Lipinski definition) is 1. The number of nitrogens with zero attached hydrogens (tertiary/aromatic N) is 1. The maximum absolute atomic E-state index is 5.84. The summed E-state index contributed by atoms with van der Waals surface area (Å²) in [5, 5.41) is 4.44.